The van der Waals surface area contributed by atoms with E-state index in [0.29, 0.717) is 12.6 Å². The number of hydrogen-bond acceptors (Lipinski definition) is 7. The molecule has 0 radical (unpaired) electrons. The lowest BCUT2D eigenvalue weighted by Crippen LogP contribution is -2.11. The molecule has 4 aromatic rings. The van der Waals surface area contributed by atoms with Crippen LogP contribution < -0.4 is 5.32 Å². The van der Waals surface area contributed by atoms with Gasteiger partial charge in [0.25, 0.3) is 0 Å². The Bertz CT molecular complexity index is 1100. The van der Waals surface area contributed by atoms with Crippen molar-refractivity contribution < 1.29 is 4.74 Å². The van der Waals surface area contributed by atoms with Crippen molar-refractivity contribution in [3.8, 4) is 0 Å². The maximum atomic E-state index is 5.20. The van der Waals surface area contributed by atoms with Gasteiger partial charge in [0.15, 0.2) is 11.3 Å². The van der Waals surface area contributed by atoms with E-state index in [1.165, 1.54) is 6.33 Å². The molecule has 0 spiro atoms. The minimum atomic E-state index is 0.178. The predicted octanol–water partition coefficient (Wildman–Crippen LogP) is 2.83. The summed E-state index contributed by atoms with van der Waals surface area (Å²) in [5, 5.41) is 13.1. The van der Waals surface area contributed by atoms with Crippen LogP contribution in [-0.2, 0) is 4.74 Å². The van der Waals surface area contributed by atoms with Crippen molar-refractivity contribution in [2.24, 2.45) is 0 Å². The van der Waals surface area contributed by atoms with Crippen molar-refractivity contribution in [1.29, 1.82) is 0 Å². The first kappa shape index (κ1) is 17.3. The molecule has 4 aromatic heterocycles. The van der Waals surface area contributed by atoms with Crippen LogP contribution in [0.25, 0.3) is 16.7 Å². The molecule has 0 saturated carbocycles. The number of anilines is 2. The average molecular weight is 366 g/mol. The van der Waals surface area contributed by atoms with E-state index in [0.717, 1.165) is 40.0 Å². The number of aryl methyl sites for hydroxylation is 2. The number of pyridine rings is 1. The van der Waals surface area contributed by atoms with E-state index in [2.05, 4.69) is 32.4 Å². The topological polar surface area (TPSA) is 95.0 Å². The van der Waals surface area contributed by atoms with Crippen molar-refractivity contribution in [3.63, 3.8) is 0 Å². The highest BCUT2D eigenvalue weighted by molar-refractivity contribution is 5.79. The molecule has 0 bridgehead atoms. The number of ether oxygens (including phenoxy) is 1. The second kappa shape index (κ2) is 6.92. The van der Waals surface area contributed by atoms with Crippen LogP contribution >= 0.6 is 0 Å². The van der Waals surface area contributed by atoms with E-state index >= 15 is 0 Å². The first-order chi connectivity index (χ1) is 13.1. The van der Waals surface area contributed by atoms with Gasteiger partial charge < -0.3 is 10.1 Å². The van der Waals surface area contributed by atoms with Crippen molar-refractivity contribution in [2.45, 2.75) is 33.2 Å². The zero-order valence-corrected chi connectivity index (χ0v) is 15.8. The van der Waals surface area contributed by atoms with Crippen molar-refractivity contribution >= 4 is 28.3 Å². The molecule has 0 fully saturated rings. The Morgan fingerprint density at radius 2 is 2.11 bits per heavy atom. The SMILES string of the molecule is COCCC(C)n1nc(C)c2cnc(Nc3cn4ncnc4cc3C)nc21. The lowest BCUT2D eigenvalue weighted by molar-refractivity contribution is 0.179. The second-order valence-electron chi connectivity index (χ2n) is 6.65. The molecule has 140 valence electrons. The molecule has 9 nitrogen and oxygen atoms in total. The number of methoxy groups -OCH3 is 1. The quantitative estimate of drug-likeness (QED) is 0.560. The van der Waals surface area contributed by atoms with Gasteiger partial charge >= 0.3 is 0 Å². The molecule has 27 heavy (non-hydrogen) atoms. The molecule has 0 aliphatic carbocycles. The van der Waals surface area contributed by atoms with Crippen LogP contribution in [-0.4, -0.2) is 48.1 Å². The molecule has 9 heteroatoms. The van der Waals surface area contributed by atoms with Gasteiger partial charge in [0.1, 0.15) is 6.33 Å². The van der Waals surface area contributed by atoms with Crippen LogP contribution in [0.1, 0.15) is 30.6 Å². The summed E-state index contributed by atoms with van der Waals surface area (Å²) in [7, 11) is 1.71. The molecule has 0 aliphatic rings. The third kappa shape index (κ3) is 3.21. The van der Waals surface area contributed by atoms with E-state index in [9.17, 15) is 0 Å². The minimum Gasteiger partial charge on any atom is -0.385 e. The van der Waals surface area contributed by atoms with Crippen LogP contribution in [0.5, 0.6) is 0 Å². The fraction of sp³-hybridized carbons (Fsp3) is 0.389. The van der Waals surface area contributed by atoms with Gasteiger partial charge in [0.2, 0.25) is 5.95 Å². The monoisotopic (exact) mass is 366 g/mol. The summed E-state index contributed by atoms with van der Waals surface area (Å²) < 4.78 is 8.86. The number of fused-ring (bicyclic) bond motifs is 2. The van der Waals surface area contributed by atoms with Gasteiger partial charge in [0.05, 0.1) is 29.0 Å². The lowest BCUT2D eigenvalue weighted by atomic mass is 10.2. The number of nitrogens with zero attached hydrogens (tertiary/aromatic N) is 7. The fourth-order valence-electron chi connectivity index (χ4n) is 3.05. The molecular formula is C18H22N8O. The van der Waals surface area contributed by atoms with Crippen LogP contribution in [0.3, 0.4) is 0 Å². The van der Waals surface area contributed by atoms with Gasteiger partial charge in [-0.1, -0.05) is 0 Å². The predicted molar refractivity (Wildman–Crippen MR) is 102 cm³/mol. The van der Waals surface area contributed by atoms with Crippen LogP contribution in [0.4, 0.5) is 11.6 Å². The number of nitrogens with one attached hydrogen (secondary N) is 1. The molecular weight excluding hydrogens is 344 g/mol. The Hall–Kier alpha value is -3.07. The highest BCUT2D eigenvalue weighted by atomic mass is 16.5. The van der Waals surface area contributed by atoms with Crippen LogP contribution in [0.15, 0.2) is 24.8 Å². The molecule has 0 saturated heterocycles. The largest absolute Gasteiger partial charge is 0.385 e. The first-order valence-corrected chi connectivity index (χ1v) is 8.84. The van der Waals surface area contributed by atoms with E-state index in [-0.39, 0.29) is 6.04 Å². The van der Waals surface area contributed by atoms with Crippen molar-refractivity contribution in [1.82, 2.24) is 34.3 Å². The van der Waals surface area contributed by atoms with Gasteiger partial charge in [-0.2, -0.15) is 15.2 Å². The van der Waals surface area contributed by atoms with Crippen LogP contribution in [0, 0.1) is 13.8 Å². The van der Waals surface area contributed by atoms with Crippen molar-refractivity contribution in [3.05, 3.63) is 36.0 Å². The van der Waals surface area contributed by atoms with Crippen LogP contribution in [0.2, 0.25) is 0 Å². The number of rotatable bonds is 6. The van der Waals surface area contributed by atoms with E-state index in [1.807, 2.05) is 37.0 Å². The lowest BCUT2D eigenvalue weighted by Gasteiger charge is -2.13. The summed E-state index contributed by atoms with van der Waals surface area (Å²) in [6.07, 6.45) is 6.09. The van der Waals surface area contributed by atoms with E-state index in [1.54, 1.807) is 11.6 Å². The molecule has 0 aliphatic heterocycles. The Balaban J connectivity index is 1.70. The molecule has 0 aromatic carbocycles. The van der Waals surface area contributed by atoms with Gasteiger partial charge in [-0.15, -0.1) is 0 Å². The maximum absolute atomic E-state index is 5.20. The second-order valence-corrected chi connectivity index (χ2v) is 6.65. The van der Waals surface area contributed by atoms with Gasteiger partial charge in [-0.05, 0) is 38.8 Å². The summed E-state index contributed by atoms with van der Waals surface area (Å²) in [5.41, 5.74) is 4.45. The normalized spacial score (nSPS) is 12.7. The average Bonchev–Trinajstić information content (AvgIpc) is 3.24. The molecule has 1 N–H and O–H groups in total. The Morgan fingerprint density at radius 3 is 2.93 bits per heavy atom. The van der Waals surface area contributed by atoms with Gasteiger partial charge in [-0.3, -0.25) is 0 Å². The molecule has 0 amide bonds. The molecule has 4 heterocycles. The Labute approximate surface area is 156 Å². The van der Waals surface area contributed by atoms with Gasteiger partial charge in [-0.25, -0.2) is 19.2 Å². The summed E-state index contributed by atoms with van der Waals surface area (Å²) >= 11 is 0. The minimum absolute atomic E-state index is 0.178. The molecule has 4 rings (SSSR count). The zero-order valence-electron chi connectivity index (χ0n) is 15.8. The summed E-state index contributed by atoms with van der Waals surface area (Å²) in [5.74, 6) is 0.519. The Morgan fingerprint density at radius 1 is 1.26 bits per heavy atom. The number of hydrogen-bond donors (Lipinski definition) is 1. The fourth-order valence-corrected chi connectivity index (χ4v) is 3.05. The smallest absolute Gasteiger partial charge is 0.229 e. The highest BCUT2D eigenvalue weighted by Gasteiger charge is 2.16. The van der Waals surface area contributed by atoms with Crippen molar-refractivity contribution in [2.75, 3.05) is 19.0 Å². The van der Waals surface area contributed by atoms with E-state index < -0.39 is 0 Å². The maximum Gasteiger partial charge on any atom is 0.229 e. The third-order valence-corrected chi connectivity index (χ3v) is 4.66. The summed E-state index contributed by atoms with van der Waals surface area (Å²) in [6.45, 7) is 6.77. The van der Waals surface area contributed by atoms with E-state index in [4.69, 9.17) is 9.72 Å². The zero-order chi connectivity index (χ0) is 19.0. The summed E-state index contributed by atoms with van der Waals surface area (Å²) in [6, 6.07) is 2.15. The Kier molecular flexibility index (Phi) is 4.44. The first-order valence-electron chi connectivity index (χ1n) is 8.84. The van der Waals surface area contributed by atoms with Gasteiger partial charge in [0, 0.05) is 19.9 Å². The third-order valence-electron chi connectivity index (χ3n) is 4.66. The number of aromatic nitrogens is 7. The molecule has 1 unspecified atom stereocenters. The highest BCUT2D eigenvalue weighted by Crippen LogP contribution is 2.24. The standard InChI is InChI=1S/C18H22N8O/c1-11-7-16-20-10-21-25(16)9-15(11)22-18-19-8-14-13(3)24-26(17(14)23-18)12(2)5-6-27-4/h7-10,12H,5-6H2,1-4H3,(H,19,22,23). The summed E-state index contributed by atoms with van der Waals surface area (Å²) in [4.78, 5) is 13.4. The molecule has 1 atom stereocenters.